The Morgan fingerprint density at radius 2 is 2.00 bits per heavy atom. The van der Waals surface area contributed by atoms with Crippen molar-refractivity contribution in [1.82, 2.24) is 19.9 Å². The number of hydrogen-bond donors (Lipinski definition) is 1. The van der Waals surface area contributed by atoms with Gasteiger partial charge in [0, 0.05) is 19.1 Å². The number of nitrogens with one attached hydrogen (secondary N) is 1. The van der Waals surface area contributed by atoms with Crippen molar-refractivity contribution in [3.63, 3.8) is 0 Å². The van der Waals surface area contributed by atoms with Crippen molar-refractivity contribution in [3.05, 3.63) is 0 Å². The van der Waals surface area contributed by atoms with Crippen LogP contribution in [0.25, 0.3) is 0 Å². The zero-order valence-corrected chi connectivity index (χ0v) is 11.7. The normalized spacial score (nSPS) is 14.5. The number of methoxy groups -OCH3 is 1. The molecule has 1 aromatic rings. The minimum Gasteiger partial charge on any atom is -0.467 e. The van der Waals surface area contributed by atoms with E-state index >= 15 is 0 Å². The van der Waals surface area contributed by atoms with Crippen molar-refractivity contribution in [2.24, 2.45) is 0 Å². The molecule has 0 atom stereocenters. The number of likely N-dealkylation sites (N-methyl/N-ethyl adjacent to an activating group) is 1. The molecule has 1 aromatic heterocycles. The second kappa shape index (κ2) is 6.51. The summed E-state index contributed by atoms with van der Waals surface area (Å²) in [6.07, 6.45) is 2.58. The lowest BCUT2D eigenvalue weighted by Gasteiger charge is -2.15. The van der Waals surface area contributed by atoms with Gasteiger partial charge in [0.05, 0.1) is 7.11 Å². The van der Waals surface area contributed by atoms with Crippen LogP contribution in [0.2, 0.25) is 0 Å². The van der Waals surface area contributed by atoms with Crippen LogP contribution in [0.4, 0.5) is 5.95 Å². The first kappa shape index (κ1) is 13.8. The smallest absolute Gasteiger partial charge is 0.324 e. The molecule has 1 heterocycles. The number of ether oxygens (including phenoxy) is 2. The van der Waals surface area contributed by atoms with Crippen LogP contribution in [0, 0.1) is 0 Å². The fourth-order valence-corrected chi connectivity index (χ4v) is 1.71. The van der Waals surface area contributed by atoms with Crippen LogP contribution in [0.5, 0.6) is 12.0 Å². The molecule has 0 bridgehead atoms. The van der Waals surface area contributed by atoms with E-state index in [4.69, 9.17) is 9.47 Å². The van der Waals surface area contributed by atoms with Crippen LogP contribution in [0.1, 0.15) is 19.8 Å². The first-order valence-corrected chi connectivity index (χ1v) is 6.60. The van der Waals surface area contributed by atoms with Crippen LogP contribution in [-0.4, -0.2) is 59.7 Å². The standard InChI is InChI=1S/C12H21N5O2/c1-4-13-10-14-11(18-3)16-12(15-10)19-8-7-17(2)9-5-6-9/h9H,4-8H2,1-3H3,(H,13,14,15,16). The Bertz CT molecular complexity index is 411. The highest BCUT2D eigenvalue weighted by Gasteiger charge is 2.25. The zero-order valence-electron chi connectivity index (χ0n) is 11.7. The molecule has 0 aromatic carbocycles. The maximum atomic E-state index is 5.56. The van der Waals surface area contributed by atoms with Gasteiger partial charge in [-0.05, 0) is 26.8 Å². The summed E-state index contributed by atoms with van der Waals surface area (Å²) in [7, 11) is 3.63. The maximum Gasteiger partial charge on any atom is 0.324 e. The van der Waals surface area contributed by atoms with Gasteiger partial charge in [-0.3, -0.25) is 0 Å². The molecule has 0 radical (unpaired) electrons. The minimum atomic E-state index is 0.261. The van der Waals surface area contributed by atoms with E-state index in [0.717, 1.165) is 19.1 Å². The third-order valence-corrected chi connectivity index (χ3v) is 2.96. The molecular formula is C12H21N5O2. The monoisotopic (exact) mass is 267 g/mol. The van der Waals surface area contributed by atoms with E-state index in [-0.39, 0.29) is 6.01 Å². The molecular weight excluding hydrogens is 246 g/mol. The molecule has 1 fully saturated rings. The lowest BCUT2D eigenvalue weighted by molar-refractivity contribution is 0.217. The van der Waals surface area contributed by atoms with Gasteiger partial charge in [-0.2, -0.15) is 9.97 Å². The van der Waals surface area contributed by atoms with Crippen molar-refractivity contribution in [2.75, 3.05) is 39.2 Å². The Kier molecular flexibility index (Phi) is 4.73. The van der Waals surface area contributed by atoms with Crippen molar-refractivity contribution in [3.8, 4) is 12.0 Å². The van der Waals surface area contributed by atoms with E-state index in [1.807, 2.05) is 6.92 Å². The third kappa shape index (κ3) is 4.20. The molecule has 1 saturated carbocycles. The maximum absolute atomic E-state index is 5.56. The summed E-state index contributed by atoms with van der Waals surface area (Å²) in [5.74, 6) is 0.472. The molecule has 0 aliphatic heterocycles. The highest BCUT2D eigenvalue weighted by Crippen LogP contribution is 2.24. The van der Waals surface area contributed by atoms with Crippen molar-refractivity contribution >= 4 is 5.95 Å². The Morgan fingerprint density at radius 1 is 1.26 bits per heavy atom. The van der Waals surface area contributed by atoms with Crippen molar-refractivity contribution in [1.29, 1.82) is 0 Å². The number of nitrogens with zero attached hydrogens (tertiary/aromatic N) is 4. The molecule has 106 valence electrons. The fraction of sp³-hybridized carbons (Fsp3) is 0.750. The van der Waals surface area contributed by atoms with E-state index in [0.29, 0.717) is 18.6 Å². The second-order valence-corrected chi connectivity index (χ2v) is 4.52. The predicted octanol–water partition coefficient (Wildman–Crippen LogP) is 0.785. The quantitative estimate of drug-likeness (QED) is 0.746. The van der Waals surface area contributed by atoms with Gasteiger partial charge in [-0.15, -0.1) is 4.98 Å². The Morgan fingerprint density at radius 3 is 2.63 bits per heavy atom. The number of hydrogen-bond acceptors (Lipinski definition) is 7. The molecule has 7 nitrogen and oxygen atoms in total. The number of aromatic nitrogens is 3. The molecule has 1 aliphatic carbocycles. The molecule has 0 amide bonds. The first-order valence-electron chi connectivity index (χ1n) is 6.60. The Labute approximate surface area is 113 Å². The second-order valence-electron chi connectivity index (χ2n) is 4.52. The molecule has 2 rings (SSSR count). The van der Waals surface area contributed by atoms with Gasteiger partial charge in [0.1, 0.15) is 6.61 Å². The van der Waals surface area contributed by atoms with E-state index in [2.05, 4.69) is 32.2 Å². The molecule has 0 unspecified atom stereocenters. The SMILES string of the molecule is CCNc1nc(OC)nc(OCCN(C)C2CC2)n1. The summed E-state index contributed by atoms with van der Waals surface area (Å²) in [5, 5.41) is 3.02. The Hall–Kier alpha value is -1.63. The fourth-order valence-electron chi connectivity index (χ4n) is 1.71. The summed E-state index contributed by atoms with van der Waals surface area (Å²) in [4.78, 5) is 14.6. The molecule has 0 saturated heterocycles. The van der Waals surface area contributed by atoms with Crippen molar-refractivity contribution in [2.45, 2.75) is 25.8 Å². The van der Waals surface area contributed by atoms with E-state index < -0.39 is 0 Å². The summed E-state index contributed by atoms with van der Waals surface area (Å²) in [6, 6.07) is 1.29. The molecule has 19 heavy (non-hydrogen) atoms. The minimum absolute atomic E-state index is 0.261. The van der Waals surface area contributed by atoms with Gasteiger partial charge in [0.2, 0.25) is 5.95 Å². The molecule has 7 heteroatoms. The van der Waals surface area contributed by atoms with Crippen LogP contribution >= 0.6 is 0 Å². The first-order chi connectivity index (χ1) is 9.22. The summed E-state index contributed by atoms with van der Waals surface area (Å²) in [6.45, 7) is 4.14. The van der Waals surface area contributed by atoms with Crippen LogP contribution in [-0.2, 0) is 0 Å². The predicted molar refractivity (Wildman–Crippen MR) is 71.7 cm³/mol. The van der Waals surface area contributed by atoms with E-state index in [1.165, 1.54) is 20.0 Å². The summed E-state index contributed by atoms with van der Waals surface area (Å²) >= 11 is 0. The van der Waals surface area contributed by atoms with Gasteiger partial charge in [0.25, 0.3) is 0 Å². The number of rotatable bonds is 8. The summed E-state index contributed by atoms with van der Waals surface area (Å²) in [5.41, 5.74) is 0. The average molecular weight is 267 g/mol. The van der Waals surface area contributed by atoms with Crippen LogP contribution in [0.15, 0.2) is 0 Å². The highest BCUT2D eigenvalue weighted by molar-refractivity contribution is 5.27. The zero-order chi connectivity index (χ0) is 13.7. The lowest BCUT2D eigenvalue weighted by Crippen LogP contribution is -2.26. The van der Waals surface area contributed by atoms with Gasteiger partial charge in [-0.25, -0.2) is 0 Å². The third-order valence-electron chi connectivity index (χ3n) is 2.96. The van der Waals surface area contributed by atoms with E-state index in [9.17, 15) is 0 Å². The van der Waals surface area contributed by atoms with E-state index in [1.54, 1.807) is 0 Å². The summed E-state index contributed by atoms with van der Waals surface area (Å²) < 4.78 is 10.6. The lowest BCUT2D eigenvalue weighted by atomic mass is 10.5. The molecule has 0 spiro atoms. The highest BCUT2D eigenvalue weighted by atomic mass is 16.5. The van der Waals surface area contributed by atoms with Gasteiger partial charge < -0.3 is 19.7 Å². The van der Waals surface area contributed by atoms with Crippen molar-refractivity contribution < 1.29 is 9.47 Å². The largest absolute Gasteiger partial charge is 0.467 e. The van der Waals surface area contributed by atoms with Crippen LogP contribution in [0.3, 0.4) is 0 Å². The Balaban J connectivity index is 1.88. The van der Waals surface area contributed by atoms with Gasteiger partial charge >= 0.3 is 12.0 Å². The molecule has 1 N–H and O–H groups in total. The van der Waals surface area contributed by atoms with Crippen LogP contribution < -0.4 is 14.8 Å². The number of anilines is 1. The van der Waals surface area contributed by atoms with Gasteiger partial charge in [0.15, 0.2) is 0 Å². The topological polar surface area (TPSA) is 72.4 Å². The van der Waals surface area contributed by atoms with Gasteiger partial charge in [-0.1, -0.05) is 0 Å². The molecule has 1 aliphatic rings. The average Bonchev–Trinajstić information content (AvgIpc) is 3.23.